The summed E-state index contributed by atoms with van der Waals surface area (Å²) in [5, 5.41) is 2.84. The van der Waals surface area contributed by atoms with Crippen LogP contribution in [0.25, 0.3) is 0 Å². The van der Waals surface area contributed by atoms with Crippen LogP contribution >= 0.6 is 34.5 Å². The van der Waals surface area contributed by atoms with Crippen molar-refractivity contribution in [3.8, 4) is 0 Å². The second kappa shape index (κ2) is 8.33. The van der Waals surface area contributed by atoms with Gasteiger partial charge in [0.2, 0.25) is 0 Å². The van der Waals surface area contributed by atoms with Crippen LogP contribution in [0.2, 0.25) is 10.0 Å². The lowest BCUT2D eigenvalue weighted by Crippen LogP contribution is -2.51. The molecule has 0 aliphatic rings. The molecule has 9 heteroatoms. The molecule has 0 aliphatic carbocycles. The van der Waals surface area contributed by atoms with Gasteiger partial charge in [-0.1, -0.05) is 29.3 Å². The average Bonchev–Trinajstić information content (AvgIpc) is 3.01. The summed E-state index contributed by atoms with van der Waals surface area (Å²) in [5.41, 5.74) is 4.73. The van der Waals surface area contributed by atoms with Gasteiger partial charge in [-0.3, -0.25) is 25.2 Å². The summed E-state index contributed by atoms with van der Waals surface area (Å²) < 4.78 is 0. The molecular weight excluding hydrogens is 385 g/mol. The van der Waals surface area contributed by atoms with E-state index in [9.17, 15) is 14.4 Å². The molecule has 3 N–H and O–H groups in total. The van der Waals surface area contributed by atoms with Crippen LogP contribution in [0.1, 0.15) is 31.8 Å². The Morgan fingerprint density at radius 2 is 1.76 bits per heavy atom. The van der Waals surface area contributed by atoms with Crippen molar-refractivity contribution >= 4 is 52.3 Å². The molecule has 1 unspecified atom stereocenters. The molecule has 0 saturated carbocycles. The molecule has 0 radical (unpaired) electrons. The Kier molecular flexibility index (Phi) is 6.41. The van der Waals surface area contributed by atoms with E-state index in [-0.39, 0.29) is 15.6 Å². The fourth-order valence-electron chi connectivity index (χ4n) is 1.86. The Bertz CT molecular complexity index is 823. The number of hydrogen-bond donors (Lipinski definition) is 3. The number of hydrazine groups is 1. The van der Waals surface area contributed by atoms with Crippen LogP contribution in [0.15, 0.2) is 30.3 Å². The Morgan fingerprint density at radius 3 is 2.40 bits per heavy atom. The molecule has 0 fully saturated rings. The molecule has 1 aromatic carbocycles. The summed E-state index contributed by atoms with van der Waals surface area (Å²) in [4.78, 5) is 37.5. The fraction of sp³-hybridized carbons (Fsp3) is 0.188. The van der Waals surface area contributed by atoms with Crippen molar-refractivity contribution < 1.29 is 14.4 Å². The maximum atomic E-state index is 12.2. The second-order valence-electron chi connectivity index (χ2n) is 5.15. The summed E-state index contributed by atoms with van der Waals surface area (Å²) in [6, 6.07) is 7.20. The fourth-order valence-corrected chi connectivity index (χ4v) is 3.01. The van der Waals surface area contributed by atoms with Crippen LogP contribution in [0.4, 0.5) is 0 Å². The third-order valence-electron chi connectivity index (χ3n) is 3.20. The van der Waals surface area contributed by atoms with Gasteiger partial charge in [0.1, 0.15) is 6.04 Å². The lowest BCUT2D eigenvalue weighted by molar-refractivity contribution is -0.123. The molecule has 3 amide bonds. The van der Waals surface area contributed by atoms with Gasteiger partial charge in [0.15, 0.2) is 0 Å². The predicted octanol–water partition coefficient (Wildman–Crippen LogP) is 2.94. The van der Waals surface area contributed by atoms with Crippen molar-refractivity contribution in [1.29, 1.82) is 0 Å². The van der Waals surface area contributed by atoms with E-state index < -0.39 is 23.8 Å². The van der Waals surface area contributed by atoms with Crippen molar-refractivity contribution in [3.05, 3.63) is 55.7 Å². The Morgan fingerprint density at radius 1 is 1.04 bits per heavy atom. The minimum absolute atomic E-state index is 0.107. The van der Waals surface area contributed by atoms with Crippen molar-refractivity contribution in [2.45, 2.75) is 19.9 Å². The van der Waals surface area contributed by atoms with E-state index in [1.165, 1.54) is 24.3 Å². The summed E-state index contributed by atoms with van der Waals surface area (Å²) in [7, 11) is 0. The minimum atomic E-state index is -0.895. The van der Waals surface area contributed by atoms with Crippen molar-refractivity contribution in [2.75, 3.05) is 0 Å². The molecular formula is C16H15Cl2N3O3S. The normalized spacial score (nSPS) is 11.5. The van der Waals surface area contributed by atoms with Gasteiger partial charge in [-0.05, 0) is 38.1 Å². The van der Waals surface area contributed by atoms with Gasteiger partial charge < -0.3 is 5.32 Å². The highest BCUT2D eigenvalue weighted by atomic mass is 35.5. The van der Waals surface area contributed by atoms with E-state index in [0.717, 1.165) is 4.88 Å². The van der Waals surface area contributed by atoms with Gasteiger partial charge in [0.25, 0.3) is 17.7 Å². The molecule has 0 spiro atoms. The van der Waals surface area contributed by atoms with Crippen LogP contribution in [-0.2, 0) is 4.79 Å². The maximum absolute atomic E-state index is 12.2. The van der Waals surface area contributed by atoms with Crippen LogP contribution < -0.4 is 16.2 Å². The number of hydrogen-bond acceptors (Lipinski definition) is 4. The number of amides is 3. The zero-order valence-electron chi connectivity index (χ0n) is 13.4. The first-order valence-electron chi connectivity index (χ1n) is 7.21. The topological polar surface area (TPSA) is 87.3 Å². The average molecular weight is 400 g/mol. The molecule has 6 nitrogen and oxygen atoms in total. The van der Waals surface area contributed by atoms with Gasteiger partial charge in [0, 0.05) is 4.88 Å². The van der Waals surface area contributed by atoms with Crippen molar-refractivity contribution in [3.63, 3.8) is 0 Å². The Hall–Kier alpha value is -2.09. The van der Waals surface area contributed by atoms with Gasteiger partial charge in [-0.2, -0.15) is 0 Å². The third-order valence-corrected chi connectivity index (χ3v) is 5.02. The monoisotopic (exact) mass is 399 g/mol. The van der Waals surface area contributed by atoms with Gasteiger partial charge in [-0.25, -0.2) is 0 Å². The predicted molar refractivity (Wildman–Crippen MR) is 98.1 cm³/mol. The zero-order valence-corrected chi connectivity index (χ0v) is 15.7. The quantitative estimate of drug-likeness (QED) is 0.690. The van der Waals surface area contributed by atoms with Crippen LogP contribution in [0.5, 0.6) is 0 Å². The number of benzene rings is 1. The number of nitrogens with one attached hydrogen (secondary N) is 3. The number of carbonyl (C=O) groups is 3. The molecule has 1 heterocycles. The molecule has 1 aromatic heterocycles. The standard InChI is InChI=1S/C16H15Cl2N3O3S/c1-8-6-7-12(25-8)16(24)21-20-14(22)9(2)19-15(23)10-4-3-5-11(17)13(10)18/h3-7,9H,1-2H3,(H,19,23)(H,20,22)(H,21,24). The largest absolute Gasteiger partial charge is 0.340 e. The molecule has 2 aromatic rings. The van der Waals surface area contributed by atoms with Crippen molar-refractivity contribution in [2.24, 2.45) is 0 Å². The lowest BCUT2D eigenvalue weighted by atomic mass is 10.2. The third kappa shape index (κ3) is 4.94. The van der Waals surface area contributed by atoms with E-state index in [1.54, 1.807) is 24.3 Å². The maximum Gasteiger partial charge on any atom is 0.279 e. The molecule has 2 rings (SSSR count). The first kappa shape index (κ1) is 19.2. The SMILES string of the molecule is Cc1ccc(C(=O)NNC(=O)C(C)NC(=O)c2cccc(Cl)c2Cl)s1. The highest BCUT2D eigenvalue weighted by molar-refractivity contribution is 7.13. The molecule has 0 saturated heterocycles. The van der Waals surface area contributed by atoms with Crippen LogP contribution in [0, 0.1) is 6.92 Å². The highest BCUT2D eigenvalue weighted by Gasteiger charge is 2.20. The number of aryl methyl sites for hydroxylation is 1. The minimum Gasteiger partial charge on any atom is -0.340 e. The Labute approximate surface area is 158 Å². The number of thiophene rings is 1. The summed E-state index contributed by atoms with van der Waals surface area (Å²) in [5.74, 6) is -1.55. The van der Waals surface area contributed by atoms with Gasteiger partial charge in [0.05, 0.1) is 20.5 Å². The van der Waals surface area contributed by atoms with E-state index in [2.05, 4.69) is 16.2 Å². The smallest absolute Gasteiger partial charge is 0.279 e. The molecule has 25 heavy (non-hydrogen) atoms. The van der Waals surface area contributed by atoms with E-state index in [4.69, 9.17) is 23.2 Å². The van der Waals surface area contributed by atoms with Crippen molar-refractivity contribution in [1.82, 2.24) is 16.2 Å². The highest BCUT2D eigenvalue weighted by Crippen LogP contribution is 2.25. The van der Waals surface area contributed by atoms with E-state index in [1.807, 2.05) is 6.92 Å². The zero-order chi connectivity index (χ0) is 18.6. The first-order valence-corrected chi connectivity index (χ1v) is 8.78. The first-order chi connectivity index (χ1) is 11.8. The second-order valence-corrected chi connectivity index (χ2v) is 7.22. The molecule has 132 valence electrons. The number of rotatable bonds is 4. The van der Waals surface area contributed by atoms with E-state index in [0.29, 0.717) is 4.88 Å². The summed E-state index contributed by atoms with van der Waals surface area (Å²) in [6.07, 6.45) is 0. The van der Waals surface area contributed by atoms with Crippen LogP contribution in [-0.4, -0.2) is 23.8 Å². The lowest BCUT2D eigenvalue weighted by Gasteiger charge is -2.15. The summed E-state index contributed by atoms with van der Waals surface area (Å²) >= 11 is 13.1. The molecule has 1 atom stereocenters. The molecule has 0 aliphatic heterocycles. The Balaban J connectivity index is 1.90. The summed E-state index contributed by atoms with van der Waals surface area (Å²) in [6.45, 7) is 3.35. The number of carbonyl (C=O) groups excluding carboxylic acids is 3. The van der Waals surface area contributed by atoms with Gasteiger partial charge >= 0.3 is 0 Å². The number of halogens is 2. The molecule has 0 bridgehead atoms. The van der Waals surface area contributed by atoms with Crippen LogP contribution in [0.3, 0.4) is 0 Å². The van der Waals surface area contributed by atoms with E-state index >= 15 is 0 Å². The van der Waals surface area contributed by atoms with Gasteiger partial charge in [-0.15, -0.1) is 11.3 Å².